The summed E-state index contributed by atoms with van der Waals surface area (Å²) in [6.07, 6.45) is 6.68. The lowest BCUT2D eigenvalue weighted by molar-refractivity contribution is 0.331. The van der Waals surface area contributed by atoms with Gasteiger partial charge >= 0.3 is 0 Å². The number of methoxy groups -OCH3 is 1. The summed E-state index contributed by atoms with van der Waals surface area (Å²) in [6, 6.07) is 18.4. The third-order valence-corrected chi connectivity index (χ3v) is 6.05. The molecule has 3 rings (SSSR count). The molecule has 0 heterocycles. The Bertz CT molecular complexity index is 745. The Kier molecular flexibility index (Phi) is 7.74. The summed E-state index contributed by atoms with van der Waals surface area (Å²) in [5.41, 5.74) is 4.07. The van der Waals surface area contributed by atoms with Gasteiger partial charge in [0.1, 0.15) is 5.75 Å². The summed E-state index contributed by atoms with van der Waals surface area (Å²) in [7, 11) is 1.76. The van der Waals surface area contributed by atoms with E-state index in [0.29, 0.717) is 12.1 Å². The van der Waals surface area contributed by atoms with Crippen LogP contribution in [0.1, 0.15) is 75.6 Å². The Balaban J connectivity index is 1.68. The second-order valence-electron chi connectivity index (χ2n) is 9.37. The van der Waals surface area contributed by atoms with Crippen molar-refractivity contribution < 1.29 is 4.74 Å². The summed E-state index contributed by atoms with van der Waals surface area (Å²) in [4.78, 5) is 0. The van der Waals surface area contributed by atoms with Crippen LogP contribution in [0.3, 0.4) is 0 Å². The fourth-order valence-corrected chi connectivity index (χ4v) is 4.25. The SMILES string of the molecule is COc1ccc(C(C)(C)C)cc1CNCC(NC1CCCCC1)c1ccccc1. The van der Waals surface area contributed by atoms with Crippen LogP contribution in [0.15, 0.2) is 48.5 Å². The summed E-state index contributed by atoms with van der Waals surface area (Å²) < 4.78 is 5.62. The first-order valence-corrected chi connectivity index (χ1v) is 11.2. The molecule has 3 heteroatoms. The number of hydrogen-bond donors (Lipinski definition) is 2. The van der Waals surface area contributed by atoms with E-state index in [2.05, 4.69) is 79.9 Å². The van der Waals surface area contributed by atoms with Crippen molar-refractivity contribution in [1.82, 2.24) is 10.6 Å². The zero-order chi connectivity index (χ0) is 20.7. The lowest BCUT2D eigenvalue weighted by Crippen LogP contribution is -2.39. The molecule has 0 saturated heterocycles. The number of benzene rings is 2. The lowest BCUT2D eigenvalue weighted by atomic mass is 9.86. The zero-order valence-corrected chi connectivity index (χ0v) is 18.6. The van der Waals surface area contributed by atoms with Crippen molar-refractivity contribution in [3.8, 4) is 5.75 Å². The molecule has 0 aromatic heterocycles. The Labute approximate surface area is 177 Å². The van der Waals surface area contributed by atoms with Gasteiger partial charge in [0.25, 0.3) is 0 Å². The average molecular weight is 395 g/mol. The Morgan fingerprint density at radius 2 is 1.72 bits per heavy atom. The number of nitrogens with one attached hydrogen (secondary N) is 2. The maximum atomic E-state index is 5.62. The fraction of sp³-hybridized carbons (Fsp3) is 0.538. The van der Waals surface area contributed by atoms with Crippen LogP contribution in [-0.4, -0.2) is 19.7 Å². The van der Waals surface area contributed by atoms with Crippen molar-refractivity contribution in [2.24, 2.45) is 0 Å². The van der Waals surface area contributed by atoms with Crippen molar-refractivity contribution in [2.45, 2.75) is 76.9 Å². The first-order valence-electron chi connectivity index (χ1n) is 11.2. The van der Waals surface area contributed by atoms with E-state index in [4.69, 9.17) is 4.74 Å². The predicted octanol–water partition coefficient (Wildman–Crippen LogP) is 5.75. The first-order chi connectivity index (χ1) is 14.0. The molecule has 1 unspecified atom stereocenters. The zero-order valence-electron chi connectivity index (χ0n) is 18.6. The molecule has 3 nitrogen and oxygen atoms in total. The quantitative estimate of drug-likeness (QED) is 0.598. The van der Waals surface area contributed by atoms with E-state index >= 15 is 0 Å². The highest BCUT2D eigenvalue weighted by Gasteiger charge is 2.20. The molecular formula is C26H38N2O. The van der Waals surface area contributed by atoms with E-state index in [9.17, 15) is 0 Å². The smallest absolute Gasteiger partial charge is 0.123 e. The molecule has 1 aliphatic rings. The summed E-state index contributed by atoms with van der Waals surface area (Å²) in [5.74, 6) is 0.960. The Morgan fingerprint density at radius 1 is 1.00 bits per heavy atom. The van der Waals surface area contributed by atoms with Gasteiger partial charge in [0.2, 0.25) is 0 Å². The lowest BCUT2D eigenvalue weighted by Gasteiger charge is -2.29. The van der Waals surface area contributed by atoms with Gasteiger partial charge in [-0.25, -0.2) is 0 Å². The fourth-order valence-electron chi connectivity index (χ4n) is 4.25. The molecule has 0 aliphatic heterocycles. The highest BCUT2D eigenvalue weighted by molar-refractivity contribution is 5.39. The van der Waals surface area contributed by atoms with E-state index in [1.54, 1.807) is 7.11 Å². The van der Waals surface area contributed by atoms with Gasteiger partial charge < -0.3 is 15.4 Å². The van der Waals surface area contributed by atoms with Crippen LogP contribution in [0.2, 0.25) is 0 Å². The van der Waals surface area contributed by atoms with Gasteiger partial charge in [0.15, 0.2) is 0 Å². The number of hydrogen-bond acceptors (Lipinski definition) is 3. The summed E-state index contributed by atoms with van der Waals surface area (Å²) >= 11 is 0. The molecule has 158 valence electrons. The minimum absolute atomic E-state index is 0.135. The summed E-state index contributed by atoms with van der Waals surface area (Å²) in [6.45, 7) is 8.48. The number of rotatable bonds is 8. The standard InChI is InChI=1S/C26H38N2O/c1-26(2,3)22-15-16-25(29-4)21(17-22)18-27-19-24(20-11-7-5-8-12-20)28-23-13-9-6-10-14-23/h5,7-8,11-12,15-17,23-24,27-28H,6,9-10,13-14,18-19H2,1-4H3. The monoisotopic (exact) mass is 394 g/mol. The number of ether oxygens (including phenoxy) is 1. The maximum absolute atomic E-state index is 5.62. The minimum atomic E-state index is 0.135. The van der Waals surface area contributed by atoms with E-state index in [-0.39, 0.29) is 5.41 Å². The normalized spacial score (nSPS) is 16.6. The molecule has 0 bridgehead atoms. The topological polar surface area (TPSA) is 33.3 Å². The van der Waals surface area contributed by atoms with Gasteiger partial charge in [-0.05, 0) is 35.4 Å². The van der Waals surface area contributed by atoms with Gasteiger partial charge in [-0.2, -0.15) is 0 Å². The van der Waals surface area contributed by atoms with Gasteiger partial charge in [-0.3, -0.25) is 0 Å². The first kappa shape index (κ1) is 21.9. The second kappa shape index (κ2) is 10.3. The van der Waals surface area contributed by atoms with Crippen LogP contribution in [0.5, 0.6) is 5.75 Å². The third-order valence-electron chi connectivity index (χ3n) is 6.05. The molecule has 0 spiro atoms. The van der Waals surface area contributed by atoms with Crippen LogP contribution in [0, 0.1) is 0 Å². The molecule has 2 N–H and O–H groups in total. The van der Waals surface area contributed by atoms with Gasteiger partial charge in [-0.1, -0.05) is 82.5 Å². The van der Waals surface area contributed by atoms with Crippen molar-refractivity contribution >= 4 is 0 Å². The van der Waals surface area contributed by atoms with Crippen LogP contribution in [0.25, 0.3) is 0 Å². The molecule has 0 amide bonds. The van der Waals surface area contributed by atoms with Crippen molar-refractivity contribution in [1.29, 1.82) is 0 Å². The molecule has 2 aromatic rings. The van der Waals surface area contributed by atoms with Crippen LogP contribution in [-0.2, 0) is 12.0 Å². The van der Waals surface area contributed by atoms with Crippen LogP contribution in [0.4, 0.5) is 0 Å². The Morgan fingerprint density at radius 3 is 2.38 bits per heavy atom. The molecule has 1 aliphatic carbocycles. The molecule has 0 radical (unpaired) electrons. The van der Waals surface area contributed by atoms with Crippen molar-refractivity contribution in [3.05, 3.63) is 65.2 Å². The molecule has 29 heavy (non-hydrogen) atoms. The molecule has 2 aromatic carbocycles. The second-order valence-corrected chi connectivity index (χ2v) is 9.37. The van der Waals surface area contributed by atoms with E-state index in [1.165, 1.54) is 48.8 Å². The average Bonchev–Trinajstić information content (AvgIpc) is 2.73. The minimum Gasteiger partial charge on any atom is -0.496 e. The van der Waals surface area contributed by atoms with E-state index < -0.39 is 0 Å². The predicted molar refractivity (Wildman–Crippen MR) is 123 cm³/mol. The molecule has 1 saturated carbocycles. The van der Waals surface area contributed by atoms with Gasteiger partial charge in [0, 0.05) is 30.7 Å². The largest absolute Gasteiger partial charge is 0.496 e. The van der Waals surface area contributed by atoms with Gasteiger partial charge in [-0.15, -0.1) is 0 Å². The molecular weight excluding hydrogens is 356 g/mol. The van der Waals surface area contributed by atoms with Gasteiger partial charge in [0.05, 0.1) is 7.11 Å². The molecule has 1 fully saturated rings. The summed E-state index contributed by atoms with van der Waals surface area (Å²) in [5, 5.41) is 7.63. The highest BCUT2D eigenvalue weighted by Crippen LogP contribution is 2.28. The van der Waals surface area contributed by atoms with E-state index in [0.717, 1.165) is 18.8 Å². The van der Waals surface area contributed by atoms with E-state index in [1.807, 2.05) is 0 Å². The van der Waals surface area contributed by atoms with Crippen LogP contribution < -0.4 is 15.4 Å². The van der Waals surface area contributed by atoms with Crippen molar-refractivity contribution in [3.63, 3.8) is 0 Å². The molecule has 1 atom stereocenters. The highest BCUT2D eigenvalue weighted by atomic mass is 16.5. The van der Waals surface area contributed by atoms with Crippen molar-refractivity contribution in [2.75, 3.05) is 13.7 Å². The maximum Gasteiger partial charge on any atom is 0.123 e. The Hall–Kier alpha value is -1.84. The third kappa shape index (κ3) is 6.32. The van der Waals surface area contributed by atoms with Crippen LogP contribution >= 0.6 is 0 Å².